The molecule has 0 radical (unpaired) electrons. The lowest BCUT2D eigenvalue weighted by Crippen LogP contribution is -2.53. The average molecular weight is 332 g/mol. The molecule has 1 aliphatic rings. The summed E-state index contributed by atoms with van der Waals surface area (Å²) in [5, 5.41) is 15.0. The summed E-state index contributed by atoms with van der Waals surface area (Å²) in [5.74, 6) is -0.321. The zero-order valence-electron chi connectivity index (χ0n) is 11.6. The SMILES string of the molecule is CC(NC(=O)C1(C(N)=NO)CCOCC1)c1ccc(Cl)s1. The van der Waals surface area contributed by atoms with E-state index >= 15 is 0 Å². The Bertz CT molecular complexity index is 541. The summed E-state index contributed by atoms with van der Waals surface area (Å²) in [6, 6.07) is 3.47. The van der Waals surface area contributed by atoms with Crippen LogP contribution in [0.4, 0.5) is 0 Å². The summed E-state index contributed by atoms with van der Waals surface area (Å²) in [7, 11) is 0. The van der Waals surface area contributed by atoms with Crippen molar-refractivity contribution in [1.82, 2.24) is 5.32 Å². The zero-order valence-corrected chi connectivity index (χ0v) is 13.2. The minimum atomic E-state index is -1.01. The van der Waals surface area contributed by atoms with Crippen molar-refractivity contribution in [2.24, 2.45) is 16.3 Å². The maximum Gasteiger partial charge on any atom is 0.234 e. The normalized spacial score (nSPS) is 20.0. The number of oxime groups is 1. The number of carbonyl (C=O) groups is 1. The molecule has 0 aromatic carbocycles. The first-order valence-corrected chi connectivity index (χ1v) is 7.81. The van der Waals surface area contributed by atoms with Gasteiger partial charge in [-0.2, -0.15) is 0 Å². The first-order chi connectivity index (χ1) is 9.99. The first kappa shape index (κ1) is 16.1. The van der Waals surface area contributed by atoms with Crippen LogP contribution in [-0.4, -0.2) is 30.2 Å². The summed E-state index contributed by atoms with van der Waals surface area (Å²) in [6.45, 7) is 2.69. The summed E-state index contributed by atoms with van der Waals surface area (Å²) in [4.78, 5) is 13.6. The quantitative estimate of drug-likeness (QED) is 0.341. The highest BCUT2D eigenvalue weighted by molar-refractivity contribution is 7.16. The fourth-order valence-electron chi connectivity index (χ4n) is 2.38. The predicted octanol–water partition coefficient (Wildman–Crippen LogP) is 2.12. The molecule has 1 aromatic rings. The molecule has 1 saturated heterocycles. The van der Waals surface area contributed by atoms with Crippen molar-refractivity contribution in [1.29, 1.82) is 0 Å². The molecule has 0 saturated carbocycles. The van der Waals surface area contributed by atoms with E-state index in [2.05, 4.69) is 10.5 Å². The van der Waals surface area contributed by atoms with Gasteiger partial charge in [-0.1, -0.05) is 16.8 Å². The van der Waals surface area contributed by atoms with Gasteiger partial charge in [0.25, 0.3) is 0 Å². The van der Waals surface area contributed by atoms with E-state index in [1.807, 2.05) is 13.0 Å². The van der Waals surface area contributed by atoms with E-state index in [4.69, 9.17) is 27.3 Å². The molecule has 1 amide bonds. The summed E-state index contributed by atoms with van der Waals surface area (Å²) in [5.41, 5.74) is 4.76. The number of halogens is 1. The number of hydrogen-bond acceptors (Lipinski definition) is 5. The third-order valence-corrected chi connectivity index (χ3v) is 5.16. The number of carbonyl (C=O) groups excluding carboxylic acids is 1. The third kappa shape index (κ3) is 3.30. The average Bonchev–Trinajstić information content (AvgIpc) is 2.93. The van der Waals surface area contributed by atoms with Gasteiger partial charge < -0.3 is 21.0 Å². The van der Waals surface area contributed by atoms with Gasteiger partial charge in [0, 0.05) is 18.1 Å². The van der Waals surface area contributed by atoms with Crippen LogP contribution in [0.2, 0.25) is 4.34 Å². The van der Waals surface area contributed by atoms with Crippen LogP contribution in [0.25, 0.3) is 0 Å². The van der Waals surface area contributed by atoms with E-state index in [-0.39, 0.29) is 17.8 Å². The van der Waals surface area contributed by atoms with Gasteiger partial charge in [0.05, 0.1) is 10.4 Å². The Morgan fingerprint density at radius 3 is 2.76 bits per heavy atom. The highest BCUT2D eigenvalue weighted by Crippen LogP contribution is 2.33. The largest absolute Gasteiger partial charge is 0.409 e. The molecule has 1 fully saturated rings. The van der Waals surface area contributed by atoms with Gasteiger partial charge >= 0.3 is 0 Å². The third-order valence-electron chi connectivity index (χ3n) is 3.75. The second kappa shape index (κ2) is 6.64. The van der Waals surface area contributed by atoms with Crippen molar-refractivity contribution in [3.63, 3.8) is 0 Å². The number of hydrogen-bond donors (Lipinski definition) is 3. The van der Waals surface area contributed by atoms with Crippen molar-refractivity contribution in [3.05, 3.63) is 21.3 Å². The van der Waals surface area contributed by atoms with Gasteiger partial charge in [-0.3, -0.25) is 4.79 Å². The summed E-state index contributed by atoms with van der Waals surface area (Å²) < 4.78 is 5.94. The van der Waals surface area contributed by atoms with Gasteiger partial charge in [-0.25, -0.2) is 0 Å². The van der Waals surface area contributed by atoms with E-state index < -0.39 is 5.41 Å². The molecule has 1 atom stereocenters. The van der Waals surface area contributed by atoms with E-state index in [0.717, 1.165) is 4.88 Å². The molecule has 0 aliphatic carbocycles. The van der Waals surface area contributed by atoms with Crippen molar-refractivity contribution in [2.75, 3.05) is 13.2 Å². The molecule has 1 aliphatic heterocycles. The highest BCUT2D eigenvalue weighted by Gasteiger charge is 2.44. The standard InChI is InChI=1S/C13H18ClN3O3S/c1-8(9-2-3-10(14)21-9)16-12(18)13(11(15)17-19)4-6-20-7-5-13/h2-3,8,19H,4-7H2,1H3,(H2,15,17)(H,16,18). The molecule has 2 heterocycles. The number of ether oxygens (including phenoxy) is 1. The smallest absolute Gasteiger partial charge is 0.234 e. The number of nitrogens with one attached hydrogen (secondary N) is 1. The van der Waals surface area contributed by atoms with Gasteiger partial charge in [-0.05, 0) is 31.9 Å². The summed E-state index contributed by atoms with van der Waals surface area (Å²) >= 11 is 7.32. The van der Waals surface area contributed by atoms with Crippen molar-refractivity contribution < 1.29 is 14.7 Å². The molecule has 1 aromatic heterocycles. The number of rotatable bonds is 4. The molecule has 21 heavy (non-hydrogen) atoms. The van der Waals surface area contributed by atoms with E-state index in [1.165, 1.54) is 11.3 Å². The van der Waals surface area contributed by atoms with Gasteiger partial charge in [0.15, 0.2) is 5.84 Å². The number of nitrogens with zero attached hydrogens (tertiary/aromatic N) is 1. The molecular weight excluding hydrogens is 314 g/mol. The Morgan fingerprint density at radius 2 is 2.24 bits per heavy atom. The van der Waals surface area contributed by atoms with Crippen LogP contribution in [0.15, 0.2) is 17.3 Å². The van der Waals surface area contributed by atoms with Crippen LogP contribution < -0.4 is 11.1 Å². The summed E-state index contributed by atoms with van der Waals surface area (Å²) in [6.07, 6.45) is 0.791. The fourth-order valence-corrected chi connectivity index (χ4v) is 3.45. The number of nitrogens with two attached hydrogens (primary N) is 1. The maximum atomic E-state index is 12.6. The van der Waals surface area contributed by atoms with Crippen LogP contribution in [0.5, 0.6) is 0 Å². The minimum Gasteiger partial charge on any atom is -0.409 e. The first-order valence-electron chi connectivity index (χ1n) is 6.61. The molecule has 8 heteroatoms. The molecular formula is C13H18ClN3O3S. The molecule has 0 spiro atoms. The Balaban J connectivity index is 2.15. The maximum absolute atomic E-state index is 12.6. The molecule has 6 nitrogen and oxygen atoms in total. The van der Waals surface area contributed by atoms with Gasteiger partial charge in [0.2, 0.25) is 5.91 Å². The van der Waals surface area contributed by atoms with E-state index in [1.54, 1.807) is 6.07 Å². The Hall–Kier alpha value is -1.31. The van der Waals surface area contributed by atoms with Crippen LogP contribution in [0.3, 0.4) is 0 Å². The van der Waals surface area contributed by atoms with Crippen LogP contribution in [0, 0.1) is 5.41 Å². The molecule has 0 bridgehead atoms. The van der Waals surface area contributed by atoms with Crippen LogP contribution in [0.1, 0.15) is 30.7 Å². The second-order valence-corrected chi connectivity index (χ2v) is 6.76. The monoisotopic (exact) mass is 331 g/mol. The van der Waals surface area contributed by atoms with E-state index in [0.29, 0.717) is 30.4 Å². The second-order valence-electron chi connectivity index (χ2n) is 5.02. The lowest BCUT2D eigenvalue weighted by molar-refractivity contribution is -0.132. The van der Waals surface area contributed by atoms with Gasteiger partial charge in [0.1, 0.15) is 5.41 Å². The Labute approximate surface area is 131 Å². The lowest BCUT2D eigenvalue weighted by atomic mass is 9.78. The Kier molecular flexibility index (Phi) is 5.08. The fraction of sp³-hybridized carbons (Fsp3) is 0.538. The number of thiophene rings is 1. The minimum absolute atomic E-state index is 0.0697. The number of amidine groups is 1. The Morgan fingerprint density at radius 1 is 1.57 bits per heavy atom. The van der Waals surface area contributed by atoms with Crippen molar-refractivity contribution in [2.45, 2.75) is 25.8 Å². The van der Waals surface area contributed by atoms with Crippen molar-refractivity contribution in [3.8, 4) is 0 Å². The van der Waals surface area contributed by atoms with E-state index in [9.17, 15) is 4.79 Å². The topological polar surface area (TPSA) is 96.9 Å². The number of amides is 1. The molecule has 1 unspecified atom stereocenters. The van der Waals surface area contributed by atoms with Crippen molar-refractivity contribution >= 4 is 34.7 Å². The van der Waals surface area contributed by atoms with Crippen LogP contribution in [-0.2, 0) is 9.53 Å². The van der Waals surface area contributed by atoms with Gasteiger partial charge in [-0.15, -0.1) is 11.3 Å². The van der Waals surface area contributed by atoms with Crippen LogP contribution >= 0.6 is 22.9 Å². The lowest BCUT2D eigenvalue weighted by Gasteiger charge is -2.35. The molecule has 2 rings (SSSR count). The predicted molar refractivity (Wildman–Crippen MR) is 81.8 cm³/mol. The highest BCUT2D eigenvalue weighted by atomic mass is 35.5. The molecule has 116 valence electrons. The zero-order chi connectivity index (χ0) is 15.5. The molecule has 4 N–H and O–H groups in total.